The number of rotatable bonds is 4. The van der Waals surface area contributed by atoms with Crippen LogP contribution in [0.2, 0.25) is 0 Å². The van der Waals surface area contributed by atoms with Gasteiger partial charge in [0.15, 0.2) is 0 Å². The number of nitrogens with zero attached hydrogens (tertiary/aromatic N) is 2. The van der Waals surface area contributed by atoms with Crippen molar-refractivity contribution in [3.8, 4) is 44.5 Å². The summed E-state index contributed by atoms with van der Waals surface area (Å²) in [5.41, 5.74) is 28.6. The Morgan fingerprint density at radius 3 is 1.07 bits per heavy atom. The highest BCUT2D eigenvalue weighted by atomic mass is 15.2. The zero-order valence-electron chi connectivity index (χ0n) is 38.8. The number of hydrogen-bond donors (Lipinski definition) is 0. The maximum atomic E-state index is 2.62. The summed E-state index contributed by atoms with van der Waals surface area (Å²) in [7, 11) is 0. The Hall–Kier alpha value is -8.59. The van der Waals surface area contributed by atoms with E-state index in [-0.39, 0.29) is 13.4 Å². The van der Waals surface area contributed by atoms with Gasteiger partial charge in [-0.25, -0.2) is 0 Å². The molecule has 0 spiro atoms. The molecule has 0 saturated carbocycles. The van der Waals surface area contributed by atoms with Crippen LogP contribution in [0.5, 0.6) is 0 Å². The van der Waals surface area contributed by atoms with Crippen LogP contribution in [0.4, 0.5) is 34.1 Å². The maximum absolute atomic E-state index is 2.62. The lowest BCUT2D eigenvalue weighted by molar-refractivity contribution is 1.29. The third-order valence-electron chi connectivity index (χ3n) is 16.4. The van der Waals surface area contributed by atoms with Gasteiger partial charge in [-0.05, 0) is 149 Å². The van der Waals surface area contributed by atoms with E-state index in [0.717, 1.165) is 0 Å². The molecule has 4 heterocycles. The van der Waals surface area contributed by atoms with Crippen molar-refractivity contribution in [3.05, 3.63) is 230 Å². The Morgan fingerprint density at radius 2 is 0.629 bits per heavy atom. The first-order valence-corrected chi connectivity index (χ1v) is 24.8. The van der Waals surface area contributed by atoms with Crippen LogP contribution in [0.3, 0.4) is 0 Å². The Morgan fingerprint density at radius 1 is 0.271 bits per heavy atom. The molecule has 4 aliphatic heterocycles. The molecule has 16 rings (SSSR count). The molecule has 0 radical (unpaired) electrons. The van der Waals surface area contributed by atoms with Crippen molar-refractivity contribution < 1.29 is 0 Å². The second-order valence-corrected chi connectivity index (χ2v) is 19.9. The van der Waals surface area contributed by atoms with Crippen LogP contribution in [-0.4, -0.2) is 13.4 Å². The molecule has 70 heavy (non-hydrogen) atoms. The summed E-state index contributed by atoms with van der Waals surface area (Å²) in [5, 5.41) is 8.37. The SMILES string of the molecule is Cc1cc2c3c(cc4c(C)cc5c6c(cc1c3c46)B1c3ccccc3N(c3ccccc3-c3ccccc3)c3cccc-5c31)B1c3ccccc3N(c3ccccc3-c3ccccc3)c3cccc-2c31. The highest BCUT2D eigenvalue weighted by Gasteiger charge is 2.45. The first-order chi connectivity index (χ1) is 34.6. The van der Waals surface area contributed by atoms with Gasteiger partial charge in [-0.1, -0.05) is 193 Å². The largest absolute Gasteiger partial charge is 0.311 e. The second-order valence-electron chi connectivity index (χ2n) is 19.9. The fraction of sp³-hybridized carbons (Fsp3) is 0.0303. The summed E-state index contributed by atoms with van der Waals surface area (Å²) in [6.07, 6.45) is 0. The van der Waals surface area contributed by atoms with E-state index in [0.29, 0.717) is 0 Å². The molecule has 2 nitrogen and oxygen atoms in total. The Balaban J connectivity index is 0.980. The number of aryl methyl sites for hydroxylation is 2. The molecular formula is C66H42B2N2. The van der Waals surface area contributed by atoms with E-state index in [1.54, 1.807) is 0 Å². The molecule has 4 aliphatic rings. The van der Waals surface area contributed by atoms with E-state index >= 15 is 0 Å². The molecule has 0 saturated heterocycles. The molecular weight excluding hydrogens is 842 g/mol. The zero-order chi connectivity index (χ0) is 45.9. The van der Waals surface area contributed by atoms with Crippen molar-refractivity contribution in [2.75, 3.05) is 9.80 Å². The van der Waals surface area contributed by atoms with Crippen LogP contribution in [0.25, 0.3) is 76.8 Å². The molecule has 0 atom stereocenters. The van der Waals surface area contributed by atoms with E-state index < -0.39 is 0 Å². The Labute approximate surface area is 408 Å². The summed E-state index contributed by atoms with van der Waals surface area (Å²) < 4.78 is 0. The molecule has 0 unspecified atom stereocenters. The first-order valence-electron chi connectivity index (χ1n) is 24.8. The zero-order valence-corrected chi connectivity index (χ0v) is 38.8. The summed E-state index contributed by atoms with van der Waals surface area (Å²) in [4.78, 5) is 5.10. The molecule has 0 fully saturated rings. The standard InChI is InChI=1S/C66H42B2N2/c1-39-35-49-45-25-17-33-59-65(45)68(52-28-12-16-32-58(52)69(59)55-29-13-9-23-43(55)41-19-5-3-6-20-41)54-38-48-40(2)36-50-46-26-18-34-60-66(46)67(53-37-47(39)63(61(49)54)64(48)62(50)53)51-27-11-15-31-57(51)70(60)56-30-14-10-24-44(56)42-21-7-4-8-22-42/h3-38H,1-2H3. The topological polar surface area (TPSA) is 6.48 Å². The minimum atomic E-state index is 0.0639. The van der Waals surface area contributed by atoms with E-state index in [4.69, 9.17) is 0 Å². The van der Waals surface area contributed by atoms with E-state index in [1.165, 1.54) is 155 Å². The minimum absolute atomic E-state index is 0.0639. The van der Waals surface area contributed by atoms with Crippen molar-refractivity contribution in [1.29, 1.82) is 0 Å². The van der Waals surface area contributed by atoms with Crippen molar-refractivity contribution in [1.82, 2.24) is 0 Å². The van der Waals surface area contributed by atoms with Gasteiger partial charge in [0.2, 0.25) is 13.4 Å². The van der Waals surface area contributed by atoms with Crippen molar-refractivity contribution in [2.45, 2.75) is 13.8 Å². The summed E-state index contributed by atoms with van der Waals surface area (Å²) in [6.45, 7) is 4.85. The fourth-order valence-electron chi connectivity index (χ4n) is 13.7. The van der Waals surface area contributed by atoms with Crippen LogP contribution < -0.4 is 42.6 Å². The third-order valence-corrected chi connectivity index (χ3v) is 16.4. The average molecular weight is 885 g/mol. The van der Waals surface area contributed by atoms with Gasteiger partial charge in [-0.15, -0.1) is 0 Å². The predicted octanol–water partition coefficient (Wildman–Crippen LogP) is 13.1. The molecule has 0 aromatic heterocycles. The first kappa shape index (κ1) is 38.4. The average Bonchev–Trinajstić information content (AvgIpc) is 3.42. The number of fused-ring (bicyclic) bond motifs is 8. The summed E-state index contributed by atoms with van der Waals surface area (Å²) >= 11 is 0. The minimum Gasteiger partial charge on any atom is -0.311 e. The summed E-state index contributed by atoms with van der Waals surface area (Å²) in [5.74, 6) is 0. The van der Waals surface area contributed by atoms with Gasteiger partial charge in [0.25, 0.3) is 0 Å². The van der Waals surface area contributed by atoms with Gasteiger partial charge in [-0.3, -0.25) is 0 Å². The van der Waals surface area contributed by atoms with Crippen molar-refractivity contribution in [3.63, 3.8) is 0 Å². The Kier molecular flexibility index (Phi) is 7.68. The molecule has 0 amide bonds. The lowest BCUT2D eigenvalue weighted by atomic mass is 9.31. The number of benzene rings is 12. The van der Waals surface area contributed by atoms with Crippen LogP contribution >= 0.6 is 0 Å². The maximum Gasteiger partial charge on any atom is 0.248 e. The molecule has 12 aromatic rings. The van der Waals surface area contributed by atoms with Crippen LogP contribution in [-0.2, 0) is 0 Å². The van der Waals surface area contributed by atoms with Crippen molar-refractivity contribution in [2.24, 2.45) is 0 Å². The van der Waals surface area contributed by atoms with E-state index in [9.17, 15) is 0 Å². The van der Waals surface area contributed by atoms with E-state index in [2.05, 4.69) is 242 Å². The van der Waals surface area contributed by atoms with Crippen LogP contribution in [0, 0.1) is 13.8 Å². The number of anilines is 6. The van der Waals surface area contributed by atoms with Gasteiger partial charge in [0, 0.05) is 33.9 Å². The quantitative estimate of drug-likeness (QED) is 0.128. The van der Waals surface area contributed by atoms with Gasteiger partial charge < -0.3 is 9.80 Å². The van der Waals surface area contributed by atoms with E-state index in [1.807, 2.05) is 0 Å². The molecule has 322 valence electrons. The molecule has 12 aromatic carbocycles. The van der Waals surface area contributed by atoms with Gasteiger partial charge >= 0.3 is 0 Å². The van der Waals surface area contributed by atoms with Gasteiger partial charge in [-0.2, -0.15) is 0 Å². The highest BCUT2D eigenvalue weighted by Crippen LogP contribution is 2.51. The number of hydrogen-bond acceptors (Lipinski definition) is 2. The Bertz CT molecular complexity index is 3960. The lowest BCUT2D eigenvalue weighted by Crippen LogP contribution is -2.60. The monoisotopic (exact) mass is 884 g/mol. The lowest BCUT2D eigenvalue weighted by Gasteiger charge is -2.42. The third kappa shape index (κ3) is 4.90. The molecule has 0 bridgehead atoms. The van der Waals surface area contributed by atoms with Crippen LogP contribution in [0.1, 0.15) is 11.1 Å². The normalized spacial score (nSPS) is 13.5. The van der Waals surface area contributed by atoms with Gasteiger partial charge in [0.1, 0.15) is 0 Å². The van der Waals surface area contributed by atoms with Crippen molar-refractivity contribution >= 4 is 113 Å². The smallest absolute Gasteiger partial charge is 0.248 e. The summed E-state index contributed by atoms with van der Waals surface area (Å²) in [6, 6.07) is 82.4. The fourth-order valence-corrected chi connectivity index (χ4v) is 13.7. The molecule has 0 aliphatic carbocycles. The molecule has 0 N–H and O–H groups in total. The van der Waals surface area contributed by atoms with Crippen LogP contribution in [0.15, 0.2) is 218 Å². The number of para-hydroxylation sites is 4. The predicted molar refractivity (Wildman–Crippen MR) is 300 cm³/mol. The second kappa shape index (κ2) is 14.0. The van der Waals surface area contributed by atoms with Gasteiger partial charge in [0.05, 0.1) is 11.4 Å². The highest BCUT2D eigenvalue weighted by molar-refractivity contribution is 7.02. The molecule has 4 heteroatoms.